The van der Waals surface area contributed by atoms with Crippen LogP contribution in [0.4, 0.5) is 10.1 Å². The molecule has 29 heavy (non-hydrogen) atoms. The first-order valence-corrected chi connectivity index (χ1v) is 15.1. The van der Waals surface area contributed by atoms with Crippen molar-refractivity contribution in [3.8, 4) is 5.75 Å². The van der Waals surface area contributed by atoms with Gasteiger partial charge in [0.05, 0.1) is 0 Å². The second-order valence-electron chi connectivity index (χ2n) is 8.34. The molecule has 3 rings (SSSR count). The fourth-order valence-electron chi connectivity index (χ4n) is 3.46. The van der Waals surface area contributed by atoms with Crippen molar-refractivity contribution >= 4 is 43.5 Å². The number of nitrogens with zero attached hydrogens (tertiary/aromatic N) is 1. The Morgan fingerprint density at radius 2 is 1.66 bits per heavy atom. The number of phenols is 1. The third-order valence-electron chi connectivity index (χ3n) is 5.09. The SMILES string of the molecule is Cc1cc(C(C)(C)C)cc(Pc2ccc(F)cc2N2CCCCC2)c1O.[Cl][Ti][Cl]. The molecule has 1 aliphatic heterocycles. The van der Waals surface area contributed by atoms with E-state index in [0.29, 0.717) is 14.3 Å². The second kappa shape index (κ2) is 11.4. The summed E-state index contributed by atoms with van der Waals surface area (Å²) in [5.41, 5.74) is 3.13. The number of rotatable bonds is 3. The second-order valence-corrected chi connectivity index (χ2v) is 12.3. The van der Waals surface area contributed by atoms with Crippen molar-refractivity contribution in [2.45, 2.75) is 52.4 Å². The zero-order valence-electron chi connectivity index (χ0n) is 17.5. The first-order valence-electron chi connectivity index (χ1n) is 9.79. The molecule has 0 amide bonds. The van der Waals surface area contributed by atoms with Crippen molar-refractivity contribution in [2.75, 3.05) is 18.0 Å². The molecule has 0 aromatic heterocycles. The zero-order chi connectivity index (χ0) is 21.6. The number of aromatic hydroxyl groups is 1. The van der Waals surface area contributed by atoms with Crippen LogP contribution in [0.5, 0.6) is 5.75 Å². The maximum atomic E-state index is 13.9. The van der Waals surface area contributed by atoms with Gasteiger partial charge in [-0.2, -0.15) is 0 Å². The van der Waals surface area contributed by atoms with E-state index in [1.54, 1.807) is 6.07 Å². The Balaban J connectivity index is 0.000000941. The molecule has 1 saturated heterocycles. The summed E-state index contributed by atoms with van der Waals surface area (Å²) in [5.74, 6) is 0.174. The van der Waals surface area contributed by atoms with Crippen LogP contribution in [0, 0.1) is 12.7 Å². The Kier molecular flexibility index (Phi) is 9.77. The zero-order valence-corrected chi connectivity index (χ0v) is 21.5. The van der Waals surface area contributed by atoms with Crippen LogP contribution in [0.15, 0.2) is 30.3 Å². The molecule has 0 radical (unpaired) electrons. The summed E-state index contributed by atoms with van der Waals surface area (Å²) in [6.07, 6.45) is 3.56. The third kappa shape index (κ3) is 7.11. The summed E-state index contributed by atoms with van der Waals surface area (Å²) in [6, 6.07) is 9.26. The molecule has 1 N–H and O–H groups in total. The summed E-state index contributed by atoms with van der Waals surface area (Å²) >= 11 is -0.556. The van der Waals surface area contributed by atoms with Gasteiger partial charge >= 0.3 is 35.6 Å². The van der Waals surface area contributed by atoms with Crippen LogP contribution in [0.3, 0.4) is 0 Å². The molecule has 0 saturated carbocycles. The molecule has 7 heteroatoms. The number of halogens is 3. The molecule has 1 fully saturated rings. The first kappa shape index (κ1) is 25.0. The van der Waals surface area contributed by atoms with Gasteiger partial charge in [0.2, 0.25) is 0 Å². The van der Waals surface area contributed by atoms with Gasteiger partial charge in [-0.05, 0) is 67.0 Å². The average Bonchev–Trinajstić information content (AvgIpc) is 2.67. The maximum absolute atomic E-state index is 13.9. The van der Waals surface area contributed by atoms with Crippen LogP contribution >= 0.6 is 27.2 Å². The molecule has 2 aromatic carbocycles. The molecule has 2 nitrogen and oxygen atoms in total. The van der Waals surface area contributed by atoms with Crippen molar-refractivity contribution in [3.63, 3.8) is 0 Å². The van der Waals surface area contributed by atoms with Crippen LogP contribution in [-0.4, -0.2) is 18.2 Å². The van der Waals surface area contributed by atoms with Crippen molar-refractivity contribution in [1.29, 1.82) is 0 Å². The predicted octanol–water partition coefficient (Wildman–Crippen LogP) is 6.13. The normalized spacial score (nSPS) is 14.7. The van der Waals surface area contributed by atoms with E-state index in [2.05, 4.69) is 37.8 Å². The van der Waals surface area contributed by atoms with E-state index in [9.17, 15) is 9.50 Å². The molecule has 158 valence electrons. The standard InChI is InChI=1S/C22H29FNOP.2ClH.Ti/c1-15-12-16(22(2,3)4)13-20(21(15)25)26-19-9-8-17(23)14-18(19)24-10-6-5-7-11-24;;;/h8-9,12-14,25-26H,5-7,10-11H2,1-4H3;2*1H;/q;;;+2/p-2. The molecule has 1 atom stereocenters. The van der Waals surface area contributed by atoms with Crippen LogP contribution < -0.4 is 15.5 Å². The van der Waals surface area contributed by atoms with Crippen LogP contribution in [0.25, 0.3) is 0 Å². The fraction of sp³-hybridized carbons (Fsp3) is 0.455. The number of hydrogen-bond acceptors (Lipinski definition) is 2. The molecule has 1 aliphatic rings. The van der Waals surface area contributed by atoms with Gasteiger partial charge in [0.1, 0.15) is 11.6 Å². The molecule has 2 aromatic rings. The third-order valence-corrected chi connectivity index (χ3v) is 6.44. The van der Waals surface area contributed by atoms with Crippen molar-refractivity contribution in [1.82, 2.24) is 0 Å². The monoisotopic (exact) mass is 491 g/mol. The number of hydrogen-bond donors (Lipinski definition) is 1. The Bertz CT molecular complexity index is 823. The minimum absolute atomic E-state index is 0.0240. The van der Waals surface area contributed by atoms with Gasteiger partial charge < -0.3 is 10.0 Å². The van der Waals surface area contributed by atoms with Crippen LogP contribution in [0.1, 0.15) is 51.2 Å². The van der Waals surface area contributed by atoms with E-state index < -0.39 is 17.0 Å². The molecule has 0 spiro atoms. The number of phenolic OH excluding ortho intramolecular Hbond substituents is 1. The summed E-state index contributed by atoms with van der Waals surface area (Å²) in [7, 11) is 10.1. The number of anilines is 1. The molecule has 1 heterocycles. The van der Waals surface area contributed by atoms with Gasteiger partial charge in [-0.15, -0.1) is 0 Å². The Labute approximate surface area is 192 Å². The molecular formula is C22H29Cl2FNOPTi. The van der Waals surface area contributed by atoms with Gasteiger partial charge in [0, 0.05) is 29.4 Å². The molecular weight excluding hydrogens is 463 g/mol. The molecule has 0 bridgehead atoms. The summed E-state index contributed by atoms with van der Waals surface area (Å²) in [6.45, 7) is 10.5. The van der Waals surface area contributed by atoms with E-state index in [1.807, 2.05) is 13.0 Å². The number of benzene rings is 2. The number of aryl methyl sites for hydroxylation is 1. The van der Waals surface area contributed by atoms with Crippen LogP contribution in [-0.2, 0) is 22.4 Å². The minimum atomic E-state index is -0.556. The van der Waals surface area contributed by atoms with E-state index in [1.165, 1.54) is 18.1 Å². The van der Waals surface area contributed by atoms with Crippen molar-refractivity contribution in [3.05, 3.63) is 47.3 Å². The van der Waals surface area contributed by atoms with E-state index in [4.69, 9.17) is 18.6 Å². The Morgan fingerprint density at radius 3 is 2.24 bits per heavy atom. The van der Waals surface area contributed by atoms with Gasteiger partial charge in [-0.25, -0.2) is 4.39 Å². The van der Waals surface area contributed by atoms with Gasteiger partial charge in [-0.3, -0.25) is 0 Å². The Morgan fingerprint density at radius 1 is 1.03 bits per heavy atom. The van der Waals surface area contributed by atoms with E-state index in [-0.39, 0.29) is 11.2 Å². The summed E-state index contributed by atoms with van der Waals surface area (Å²) < 4.78 is 13.9. The Hall–Kier alpha value is -0.306. The van der Waals surface area contributed by atoms with Crippen LogP contribution in [0.2, 0.25) is 0 Å². The van der Waals surface area contributed by atoms with E-state index in [0.717, 1.165) is 47.8 Å². The first-order chi connectivity index (χ1) is 13.7. The van der Waals surface area contributed by atoms with Gasteiger partial charge in [0.25, 0.3) is 0 Å². The molecule has 0 aliphatic carbocycles. The molecule has 1 unspecified atom stereocenters. The number of piperidine rings is 1. The topological polar surface area (TPSA) is 23.5 Å². The average molecular weight is 492 g/mol. The van der Waals surface area contributed by atoms with Gasteiger partial charge in [0.15, 0.2) is 0 Å². The van der Waals surface area contributed by atoms with Gasteiger partial charge in [-0.1, -0.05) is 35.4 Å². The predicted molar refractivity (Wildman–Crippen MR) is 123 cm³/mol. The quantitative estimate of drug-likeness (QED) is 0.412. The summed E-state index contributed by atoms with van der Waals surface area (Å²) in [5, 5.41) is 12.7. The van der Waals surface area contributed by atoms with E-state index >= 15 is 0 Å². The fourth-order valence-corrected chi connectivity index (χ4v) is 4.82. The van der Waals surface area contributed by atoms with Crippen molar-refractivity contribution in [2.24, 2.45) is 0 Å². The van der Waals surface area contributed by atoms with Crippen molar-refractivity contribution < 1.29 is 26.5 Å². The summed E-state index contributed by atoms with van der Waals surface area (Å²) in [4.78, 5) is 2.30.